The number of carbonyl (C=O) groups is 1. The lowest BCUT2D eigenvalue weighted by atomic mass is 10.1. The second-order valence-corrected chi connectivity index (χ2v) is 6.07. The molecule has 0 radical (unpaired) electrons. The highest BCUT2D eigenvalue weighted by molar-refractivity contribution is 5.79. The van der Waals surface area contributed by atoms with Crippen LogP contribution in [0.1, 0.15) is 23.8 Å². The van der Waals surface area contributed by atoms with E-state index < -0.39 is 0 Å². The number of hydrogen-bond acceptors (Lipinski definition) is 4. The van der Waals surface area contributed by atoms with E-state index in [-0.39, 0.29) is 12.3 Å². The van der Waals surface area contributed by atoms with Crippen molar-refractivity contribution in [3.05, 3.63) is 66.2 Å². The minimum absolute atomic E-state index is 0.0805. The number of benzene rings is 1. The van der Waals surface area contributed by atoms with Gasteiger partial charge in [-0.3, -0.25) is 4.79 Å². The van der Waals surface area contributed by atoms with Crippen LogP contribution in [0.5, 0.6) is 0 Å². The summed E-state index contributed by atoms with van der Waals surface area (Å²) in [5, 5.41) is 4.03. The summed E-state index contributed by atoms with van der Waals surface area (Å²) in [6, 6.07) is 15.5. The summed E-state index contributed by atoms with van der Waals surface area (Å²) in [5.74, 6) is 2.02. The van der Waals surface area contributed by atoms with Crippen molar-refractivity contribution in [3.63, 3.8) is 0 Å². The van der Waals surface area contributed by atoms with Crippen molar-refractivity contribution in [1.82, 2.24) is 10.1 Å². The maximum atomic E-state index is 12.5. The number of aromatic nitrogens is 1. The Hall–Kier alpha value is -2.82. The lowest BCUT2D eigenvalue weighted by Gasteiger charge is -2.15. The normalized spacial score (nSPS) is 17.3. The van der Waals surface area contributed by atoms with Gasteiger partial charge in [-0.1, -0.05) is 35.5 Å². The van der Waals surface area contributed by atoms with Crippen molar-refractivity contribution in [3.8, 4) is 11.3 Å². The van der Waals surface area contributed by atoms with E-state index in [1.54, 1.807) is 6.26 Å². The Balaban J connectivity index is 1.39. The molecule has 1 aliphatic heterocycles. The van der Waals surface area contributed by atoms with Crippen LogP contribution >= 0.6 is 0 Å². The maximum absolute atomic E-state index is 12.5. The number of amides is 1. The SMILES string of the molecule is O=C(Cc1cc(-c2ccccc2)on1)N1CCC(c2ccco2)C1. The van der Waals surface area contributed by atoms with E-state index in [0.29, 0.717) is 23.9 Å². The lowest BCUT2D eigenvalue weighted by molar-refractivity contribution is -0.129. The molecule has 1 saturated heterocycles. The molecular weight excluding hydrogens is 304 g/mol. The minimum Gasteiger partial charge on any atom is -0.469 e. The van der Waals surface area contributed by atoms with Gasteiger partial charge < -0.3 is 13.8 Å². The second kappa shape index (κ2) is 6.35. The van der Waals surface area contributed by atoms with E-state index in [9.17, 15) is 4.79 Å². The average Bonchev–Trinajstić information content (AvgIpc) is 3.36. The third-order valence-corrected chi connectivity index (χ3v) is 4.44. The molecule has 1 fully saturated rings. The van der Waals surface area contributed by atoms with Gasteiger partial charge in [-0.25, -0.2) is 0 Å². The highest BCUT2D eigenvalue weighted by atomic mass is 16.5. The maximum Gasteiger partial charge on any atom is 0.228 e. The monoisotopic (exact) mass is 322 g/mol. The van der Waals surface area contributed by atoms with E-state index in [1.807, 2.05) is 53.4 Å². The summed E-state index contributed by atoms with van der Waals surface area (Å²) in [4.78, 5) is 14.4. The summed E-state index contributed by atoms with van der Waals surface area (Å²) in [6.45, 7) is 1.46. The van der Waals surface area contributed by atoms with Crippen LogP contribution in [-0.4, -0.2) is 29.1 Å². The number of likely N-dealkylation sites (tertiary alicyclic amines) is 1. The minimum atomic E-state index is 0.0805. The molecule has 0 N–H and O–H groups in total. The summed E-state index contributed by atoms with van der Waals surface area (Å²) in [6.07, 6.45) is 2.88. The van der Waals surface area contributed by atoms with E-state index in [0.717, 1.165) is 24.3 Å². The van der Waals surface area contributed by atoms with Gasteiger partial charge >= 0.3 is 0 Å². The Morgan fingerprint density at radius 2 is 2.08 bits per heavy atom. The zero-order chi connectivity index (χ0) is 16.4. The molecule has 0 saturated carbocycles. The van der Waals surface area contributed by atoms with Gasteiger partial charge in [-0.05, 0) is 18.6 Å². The molecule has 0 aliphatic carbocycles. The molecule has 1 atom stereocenters. The molecule has 122 valence electrons. The number of carbonyl (C=O) groups excluding carboxylic acids is 1. The fraction of sp³-hybridized carbons (Fsp3) is 0.263. The standard InChI is InChI=1S/C19H18N2O3/c22-19(21-9-8-15(13-21)17-7-4-10-23-17)12-16-11-18(24-20-16)14-5-2-1-3-6-14/h1-7,10-11,15H,8-9,12-13H2. The Labute approximate surface area is 139 Å². The van der Waals surface area contributed by atoms with Crippen LogP contribution < -0.4 is 0 Å². The molecule has 1 unspecified atom stereocenters. The predicted octanol–water partition coefficient (Wildman–Crippen LogP) is 3.49. The average molecular weight is 322 g/mol. The first-order valence-corrected chi connectivity index (χ1v) is 8.12. The third kappa shape index (κ3) is 2.97. The van der Waals surface area contributed by atoms with Gasteiger partial charge in [0, 0.05) is 30.6 Å². The highest BCUT2D eigenvalue weighted by Gasteiger charge is 2.29. The molecule has 5 nitrogen and oxygen atoms in total. The molecule has 0 spiro atoms. The molecule has 3 aromatic rings. The first-order valence-electron chi connectivity index (χ1n) is 8.12. The first-order chi connectivity index (χ1) is 11.8. The van der Waals surface area contributed by atoms with Crippen molar-refractivity contribution < 1.29 is 13.7 Å². The first kappa shape index (κ1) is 14.8. The van der Waals surface area contributed by atoms with Crippen molar-refractivity contribution >= 4 is 5.91 Å². The Bertz CT molecular complexity index is 808. The topological polar surface area (TPSA) is 59.5 Å². The number of nitrogens with zero attached hydrogens (tertiary/aromatic N) is 2. The summed E-state index contributed by atoms with van der Waals surface area (Å²) in [5.41, 5.74) is 1.63. The van der Waals surface area contributed by atoms with Gasteiger partial charge in [0.1, 0.15) is 5.76 Å². The van der Waals surface area contributed by atoms with Crippen molar-refractivity contribution in [2.45, 2.75) is 18.8 Å². The quantitative estimate of drug-likeness (QED) is 0.738. The second-order valence-electron chi connectivity index (χ2n) is 6.07. The summed E-state index contributed by atoms with van der Waals surface area (Å²) in [7, 11) is 0. The molecule has 24 heavy (non-hydrogen) atoms. The smallest absolute Gasteiger partial charge is 0.228 e. The van der Waals surface area contributed by atoms with Crippen LogP contribution in [0, 0.1) is 0 Å². The fourth-order valence-electron chi connectivity index (χ4n) is 3.14. The molecule has 3 heterocycles. The molecule has 4 rings (SSSR count). The summed E-state index contributed by atoms with van der Waals surface area (Å²) >= 11 is 0. The number of hydrogen-bond donors (Lipinski definition) is 0. The Kier molecular flexibility index (Phi) is 3.91. The van der Waals surface area contributed by atoms with Crippen molar-refractivity contribution in [2.75, 3.05) is 13.1 Å². The van der Waals surface area contributed by atoms with Gasteiger partial charge in [0.25, 0.3) is 0 Å². The molecule has 1 aliphatic rings. The van der Waals surface area contributed by atoms with E-state index in [1.165, 1.54) is 0 Å². The van der Waals surface area contributed by atoms with Gasteiger partial charge in [0.15, 0.2) is 5.76 Å². The molecule has 1 aromatic carbocycles. The van der Waals surface area contributed by atoms with Crippen LogP contribution in [0.3, 0.4) is 0 Å². The van der Waals surface area contributed by atoms with Gasteiger partial charge in [-0.15, -0.1) is 0 Å². The Morgan fingerprint density at radius 1 is 1.21 bits per heavy atom. The number of furan rings is 1. The van der Waals surface area contributed by atoms with Crippen LogP contribution in [0.25, 0.3) is 11.3 Å². The van der Waals surface area contributed by atoms with Crippen LogP contribution in [0.15, 0.2) is 63.7 Å². The van der Waals surface area contributed by atoms with E-state index in [4.69, 9.17) is 8.94 Å². The van der Waals surface area contributed by atoms with Gasteiger partial charge in [0.05, 0.1) is 18.4 Å². The van der Waals surface area contributed by atoms with E-state index in [2.05, 4.69) is 5.16 Å². The van der Waals surface area contributed by atoms with Crippen molar-refractivity contribution in [2.24, 2.45) is 0 Å². The summed E-state index contributed by atoms with van der Waals surface area (Å²) < 4.78 is 10.8. The third-order valence-electron chi connectivity index (χ3n) is 4.44. The van der Waals surface area contributed by atoms with Crippen LogP contribution in [0.4, 0.5) is 0 Å². The molecule has 5 heteroatoms. The molecular formula is C19H18N2O3. The molecule has 2 aromatic heterocycles. The highest BCUT2D eigenvalue weighted by Crippen LogP contribution is 2.28. The van der Waals surface area contributed by atoms with Crippen LogP contribution in [-0.2, 0) is 11.2 Å². The van der Waals surface area contributed by atoms with E-state index >= 15 is 0 Å². The fourth-order valence-corrected chi connectivity index (χ4v) is 3.14. The zero-order valence-electron chi connectivity index (χ0n) is 13.2. The Morgan fingerprint density at radius 3 is 2.88 bits per heavy atom. The number of rotatable bonds is 4. The van der Waals surface area contributed by atoms with Crippen LogP contribution in [0.2, 0.25) is 0 Å². The predicted molar refractivity (Wildman–Crippen MR) is 88.3 cm³/mol. The van der Waals surface area contributed by atoms with Gasteiger partial charge in [-0.2, -0.15) is 0 Å². The van der Waals surface area contributed by atoms with Gasteiger partial charge in [0.2, 0.25) is 5.91 Å². The zero-order valence-corrected chi connectivity index (χ0v) is 13.2. The van der Waals surface area contributed by atoms with Crippen molar-refractivity contribution in [1.29, 1.82) is 0 Å². The largest absolute Gasteiger partial charge is 0.469 e. The lowest BCUT2D eigenvalue weighted by Crippen LogP contribution is -2.29. The molecule has 1 amide bonds. The molecule has 0 bridgehead atoms.